The first-order chi connectivity index (χ1) is 8.50. The Morgan fingerprint density at radius 1 is 1.50 bits per heavy atom. The number of amides is 1. The summed E-state index contributed by atoms with van der Waals surface area (Å²) < 4.78 is 0.965. The maximum atomic E-state index is 12.5. The van der Waals surface area contributed by atoms with Crippen molar-refractivity contribution in [2.75, 3.05) is 13.1 Å². The summed E-state index contributed by atoms with van der Waals surface area (Å²) in [5.74, 6) is 0.0640. The molecule has 1 aliphatic heterocycles. The summed E-state index contributed by atoms with van der Waals surface area (Å²) in [6.07, 6.45) is 0. The standard InChI is InChI=1S/C13H16ClIN2O/c1-8-9(2)17(6-5-16-8)13(18)10-3-4-12(15)11(14)7-10/h3-4,7-9,16H,5-6H2,1-2H3. The number of carbonyl (C=O) groups excluding carboxylic acids is 1. The van der Waals surface area contributed by atoms with Crippen LogP contribution in [0.5, 0.6) is 0 Å². The van der Waals surface area contributed by atoms with E-state index in [1.807, 2.05) is 17.0 Å². The lowest BCUT2D eigenvalue weighted by atomic mass is 10.1. The SMILES string of the molecule is CC1NCCN(C(=O)c2ccc(I)c(Cl)c2)C1C. The summed E-state index contributed by atoms with van der Waals surface area (Å²) in [5.41, 5.74) is 0.668. The molecule has 2 unspecified atom stereocenters. The Kier molecular flexibility index (Phi) is 4.50. The summed E-state index contributed by atoms with van der Waals surface area (Å²) in [7, 11) is 0. The zero-order valence-corrected chi connectivity index (χ0v) is 13.3. The Labute approximate surface area is 126 Å². The molecule has 1 heterocycles. The van der Waals surface area contributed by atoms with Crippen molar-refractivity contribution in [3.05, 3.63) is 32.4 Å². The molecule has 1 aromatic rings. The molecule has 3 nitrogen and oxygen atoms in total. The third kappa shape index (κ3) is 2.81. The summed E-state index contributed by atoms with van der Waals surface area (Å²) in [6, 6.07) is 6.00. The Bertz CT molecular complexity index is 466. The van der Waals surface area contributed by atoms with E-state index in [9.17, 15) is 4.79 Å². The summed E-state index contributed by atoms with van der Waals surface area (Å²) in [5, 5.41) is 4.00. The molecule has 18 heavy (non-hydrogen) atoms. The normalized spacial score (nSPS) is 24.1. The van der Waals surface area contributed by atoms with Gasteiger partial charge in [0.2, 0.25) is 0 Å². The number of rotatable bonds is 1. The lowest BCUT2D eigenvalue weighted by molar-refractivity contribution is 0.0603. The first-order valence-corrected chi connectivity index (χ1v) is 7.46. The van der Waals surface area contributed by atoms with Crippen molar-refractivity contribution in [1.29, 1.82) is 0 Å². The van der Waals surface area contributed by atoms with Crippen LogP contribution in [-0.4, -0.2) is 36.0 Å². The average molecular weight is 379 g/mol. The van der Waals surface area contributed by atoms with E-state index in [-0.39, 0.29) is 11.9 Å². The van der Waals surface area contributed by atoms with Gasteiger partial charge in [0.1, 0.15) is 0 Å². The Hall–Kier alpha value is -0.330. The fraction of sp³-hybridized carbons (Fsp3) is 0.462. The number of hydrogen-bond acceptors (Lipinski definition) is 2. The van der Waals surface area contributed by atoms with Crippen LogP contribution in [0, 0.1) is 3.57 Å². The quantitative estimate of drug-likeness (QED) is 0.762. The van der Waals surface area contributed by atoms with Gasteiger partial charge < -0.3 is 10.2 Å². The predicted octanol–water partition coefficient (Wildman–Crippen LogP) is 2.77. The van der Waals surface area contributed by atoms with E-state index in [4.69, 9.17) is 11.6 Å². The molecule has 98 valence electrons. The van der Waals surface area contributed by atoms with Gasteiger partial charge in [0, 0.05) is 34.3 Å². The first-order valence-electron chi connectivity index (χ1n) is 6.00. The zero-order chi connectivity index (χ0) is 13.3. The van der Waals surface area contributed by atoms with Crippen molar-refractivity contribution in [2.45, 2.75) is 25.9 Å². The van der Waals surface area contributed by atoms with Crippen LogP contribution in [0.25, 0.3) is 0 Å². The van der Waals surface area contributed by atoms with Crippen LogP contribution < -0.4 is 5.32 Å². The fourth-order valence-electron chi connectivity index (χ4n) is 2.14. The molecule has 0 spiro atoms. The maximum absolute atomic E-state index is 12.5. The Balaban J connectivity index is 2.22. The summed E-state index contributed by atoms with van der Waals surface area (Å²) in [6.45, 7) is 5.76. The molecule has 0 saturated carbocycles. The van der Waals surface area contributed by atoms with E-state index in [0.717, 1.165) is 16.7 Å². The van der Waals surface area contributed by atoms with Gasteiger partial charge in [0.25, 0.3) is 5.91 Å². The molecule has 0 aromatic heterocycles. The van der Waals surface area contributed by atoms with Gasteiger partial charge >= 0.3 is 0 Å². The molecule has 5 heteroatoms. The van der Waals surface area contributed by atoms with Gasteiger partial charge in [0.15, 0.2) is 0 Å². The van der Waals surface area contributed by atoms with E-state index in [0.29, 0.717) is 16.6 Å². The van der Waals surface area contributed by atoms with E-state index in [1.54, 1.807) is 6.07 Å². The van der Waals surface area contributed by atoms with Crippen LogP contribution in [0.1, 0.15) is 24.2 Å². The highest BCUT2D eigenvalue weighted by molar-refractivity contribution is 14.1. The second-order valence-corrected chi connectivity index (χ2v) is 6.18. The molecule has 0 radical (unpaired) electrons. The van der Waals surface area contributed by atoms with Gasteiger partial charge in [-0.1, -0.05) is 11.6 Å². The van der Waals surface area contributed by atoms with Crippen LogP contribution in [-0.2, 0) is 0 Å². The third-order valence-electron chi connectivity index (χ3n) is 3.46. The van der Waals surface area contributed by atoms with Crippen molar-refractivity contribution < 1.29 is 4.79 Å². The van der Waals surface area contributed by atoms with Crippen molar-refractivity contribution in [1.82, 2.24) is 10.2 Å². The summed E-state index contributed by atoms with van der Waals surface area (Å²) in [4.78, 5) is 14.4. The molecule has 1 saturated heterocycles. The van der Waals surface area contributed by atoms with E-state index < -0.39 is 0 Å². The highest BCUT2D eigenvalue weighted by atomic mass is 127. The summed E-state index contributed by atoms with van der Waals surface area (Å²) >= 11 is 8.23. The van der Waals surface area contributed by atoms with E-state index >= 15 is 0 Å². The van der Waals surface area contributed by atoms with Gasteiger partial charge in [-0.05, 0) is 54.6 Å². The zero-order valence-electron chi connectivity index (χ0n) is 10.4. The number of nitrogens with one attached hydrogen (secondary N) is 1. The molecule has 2 atom stereocenters. The third-order valence-corrected chi connectivity index (χ3v) is 5.03. The van der Waals surface area contributed by atoms with Gasteiger partial charge in [0.05, 0.1) is 5.02 Å². The highest BCUT2D eigenvalue weighted by Crippen LogP contribution is 2.21. The Morgan fingerprint density at radius 2 is 2.22 bits per heavy atom. The van der Waals surface area contributed by atoms with Gasteiger partial charge in [-0.25, -0.2) is 0 Å². The molecule has 1 amide bonds. The van der Waals surface area contributed by atoms with Crippen LogP contribution in [0.3, 0.4) is 0 Å². The second kappa shape index (κ2) is 5.75. The monoisotopic (exact) mass is 378 g/mol. The average Bonchev–Trinajstić information content (AvgIpc) is 2.35. The minimum atomic E-state index is 0.0640. The van der Waals surface area contributed by atoms with Gasteiger partial charge in [-0.2, -0.15) is 0 Å². The molecule has 1 aliphatic rings. The minimum absolute atomic E-state index is 0.0640. The van der Waals surface area contributed by atoms with Crippen LogP contribution in [0.2, 0.25) is 5.02 Å². The molecule has 2 rings (SSSR count). The molecular weight excluding hydrogens is 363 g/mol. The first kappa shape index (κ1) is 14.1. The number of halogens is 2. The fourth-order valence-corrected chi connectivity index (χ4v) is 2.65. The maximum Gasteiger partial charge on any atom is 0.254 e. The molecule has 1 N–H and O–H groups in total. The number of nitrogens with zero attached hydrogens (tertiary/aromatic N) is 1. The van der Waals surface area contributed by atoms with E-state index in [2.05, 4.69) is 41.8 Å². The van der Waals surface area contributed by atoms with Crippen molar-refractivity contribution in [3.8, 4) is 0 Å². The number of carbonyl (C=O) groups is 1. The van der Waals surface area contributed by atoms with Crippen LogP contribution in [0.4, 0.5) is 0 Å². The number of piperazine rings is 1. The lowest BCUT2D eigenvalue weighted by Gasteiger charge is -2.38. The van der Waals surface area contributed by atoms with Crippen molar-refractivity contribution >= 4 is 40.1 Å². The molecule has 0 aliphatic carbocycles. The topological polar surface area (TPSA) is 32.3 Å². The molecule has 1 fully saturated rings. The minimum Gasteiger partial charge on any atom is -0.333 e. The van der Waals surface area contributed by atoms with Gasteiger partial charge in [-0.3, -0.25) is 4.79 Å². The predicted molar refractivity (Wildman–Crippen MR) is 82.1 cm³/mol. The van der Waals surface area contributed by atoms with Crippen LogP contribution >= 0.6 is 34.2 Å². The van der Waals surface area contributed by atoms with E-state index in [1.165, 1.54) is 0 Å². The lowest BCUT2D eigenvalue weighted by Crippen LogP contribution is -2.57. The number of hydrogen-bond donors (Lipinski definition) is 1. The number of benzene rings is 1. The smallest absolute Gasteiger partial charge is 0.254 e. The van der Waals surface area contributed by atoms with Crippen molar-refractivity contribution in [2.24, 2.45) is 0 Å². The molecule has 1 aromatic carbocycles. The highest BCUT2D eigenvalue weighted by Gasteiger charge is 2.28. The van der Waals surface area contributed by atoms with Gasteiger partial charge in [-0.15, -0.1) is 0 Å². The Morgan fingerprint density at radius 3 is 2.89 bits per heavy atom. The molecule has 0 bridgehead atoms. The van der Waals surface area contributed by atoms with Crippen LogP contribution in [0.15, 0.2) is 18.2 Å². The van der Waals surface area contributed by atoms with Crippen molar-refractivity contribution in [3.63, 3.8) is 0 Å². The largest absolute Gasteiger partial charge is 0.333 e. The second-order valence-electron chi connectivity index (χ2n) is 4.61. The molecular formula is C13H16ClIN2O.